The van der Waals surface area contributed by atoms with Gasteiger partial charge >= 0.3 is 0 Å². The highest BCUT2D eigenvalue weighted by atomic mass is 15.3. The molecule has 0 aliphatic rings. The Morgan fingerprint density at radius 1 is 1.00 bits per heavy atom. The van der Waals surface area contributed by atoms with Crippen molar-refractivity contribution in [2.24, 2.45) is 7.05 Å². The predicted octanol–water partition coefficient (Wildman–Crippen LogP) is 2.83. The number of rotatable bonds is 6. The van der Waals surface area contributed by atoms with E-state index >= 15 is 0 Å². The molecule has 1 aromatic heterocycles. The fourth-order valence-corrected chi connectivity index (χ4v) is 2.44. The van der Waals surface area contributed by atoms with Crippen LogP contribution >= 0.6 is 0 Å². The summed E-state index contributed by atoms with van der Waals surface area (Å²) >= 11 is 0. The largest absolute Gasteiger partial charge is 0.308 e. The molecule has 1 N–H and O–H groups in total. The second-order valence-electron chi connectivity index (χ2n) is 4.85. The summed E-state index contributed by atoms with van der Waals surface area (Å²) in [6.07, 6.45) is 4.19. The second kappa shape index (κ2) is 6.53. The molecular formula is C16H23N3. The van der Waals surface area contributed by atoms with Crippen LogP contribution in [-0.4, -0.2) is 9.78 Å². The lowest BCUT2D eigenvalue weighted by molar-refractivity contribution is 0.683. The Morgan fingerprint density at radius 2 is 1.68 bits per heavy atom. The van der Waals surface area contributed by atoms with Crippen molar-refractivity contribution in [3.63, 3.8) is 0 Å². The number of nitrogens with one attached hydrogen (secondary N) is 1. The average Bonchev–Trinajstić information content (AvgIpc) is 2.79. The SMILES string of the molecule is CCc1ccccc1CNCc1cn(C)nc1CC. The lowest BCUT2D eigenvalue weighted by atomic mass is 10.1. The molecule has 2 aromatic rings. The van der Waals surface area contributed by atoms with E-state index in [-0.39, 0.29) is 0 Å². The van der Waals surface area contributed by atoms with Gasteiger partial charge in [-0.2, -0.15) is 5.10 Å². The fraction of sp³-hybridized carbons (Fsp3) is 0.438. The van der Waals surface area contributed by atoms with Crippen LogP contribution in [0.1, 0.15) is 36.2 Å². The molecule has 0 fully saturated rings. The van der Waals surface area contributed by atoms with Crippen LogP contribution in [0.15, 0.2) is 30.5 Å². The Bertz CT molecular complexity index is 529. The summed E-state index contributed by atoms with van der Waals surface area (Å²) in [7, 11) is 1.98. The number of aryl methyl sites for hydroxylation is 3. The third-order valence-corrected chi connectivity index (χ3v) is 3.46. The van der Waals surface area contributed by atoms with Gasteiger partial charge in [0.1, 0.15) is 0 Å². The van der Waals surface area contributed by atoms with Crippen LogP contribution in [0, 0.1) is 0 Å². The quantitative estimate of drug-likeness (QED) is 0.862. The number of hydrogen-bond donors (Lipinski definition) is 1. The molecule has 0 saturated heterocycles. The summed E-state index contributed by atoms with van der Waals surface area (Å²) in [5.74, 6) is 0. The lowest BCUT2D eigenvalue weighted by Gasteiger charge is -2.09. The van der Waals surface area contributed by atoms with E-state index in [1.807, 2.05) is 11.7 Å². The summed E-state index contributed by atoms with van der Waals surface area (Å²) in [5, 5.41) is 7.99. The van der Waals surface area contributed by atoms with Gasteiger partial charge in [0.05, 0.1) is 5.69 Å². The van der Waals surface area contributed by atoms with Gasteiger partial charge in [0.15, 0.2) is 0 Å². The molecule has 1 heterocycles. The van der Waals surface area contributed by atoms with Gasteiger partial charge in [-0.1, -0.05) is 38.1 Å². The first-order chi connectivity index (χ1) is 9.24. The molecule has 0 bridgehead atoms. The van der Waals surface area contributed by atoms with Crippen LogP contribution in [0.25, 0.3) is 0 Å². The van der Waals surface area contributed by atoms with Crippen molar-refractivity contribution in [1.29, 1.82) is 0 Å². The van der Waals surface area contributed by atoms with Crippen LogP contribution in [0.4, 0.5) is 0 Å². The maximum atomic E-state index is 4.47. The fourth-order valence-electron chi connectivity index (χ4n) is 2.44. The summed E-state index contributed by atoms with van der Waals surface area (Å²) in [4.78, 5) is 0. The molecule has 0 aliphatic heterocycles. The summed E-state index contributed by atoms with van der Waals surface area (Å²) in [5.41, 5.74) is 5.32. The zero-order valence-corrected chi connectivity index (χ0v) is 12.1. The van der Waals surface area contributed by atoms with Gasteiger partial charge in [0, 0.05) is 31.9 Å². The Morgan fingerprint density at radius 3 is 2.37 bits per heavy atom. The van der Waals surface area contributed by atoms with Crippen LogP contribution in [0.5, 0.6) is 0 Å². The van der Waals surface area contributed by atoms with Gasteiger partial charge in [-0.25, -0.2) is 0 Å². The van der Waals surface area contributed by atoms with Gasteiger partial charge in [-0.05, 0) is 24.0 Å². The van der Waals surface area contributed by atoms with Crippen molar-refractivity contribution in [3.8, 4) is 0 Å². The first-order valence-electron chi connectivity index (χ1n) is 7.03. The van der Waals surface area contributed by atoms with Crippen LogP contribution in [0.3, 0.4) is 0 Å². The normalized spacial score (nSPS) is 10.9. The van der Waals surface area contributed by atoms with E-state index in [0.717, 1.165) is 25.9 Å². The van der Waals surface area contributed by atoms with Crippen molar-refractivity contribution in [2.75, 3.05) is 0 Å². The Hall–Kier alpha value is -1.61. The zero-order valence-electron chi connectivity index (χ0n) is 12.1. The van der Waals surface area contributed by atoms with Gasteiger partial charge < -0.3 is 5.32 Å². The van der Waals surface area contributed by atoms with Crippen molar-refractivity contribution in [2.45, 2.75) is 39.8 Å². The first-order valence-corrected chi connectivity index (χ1v) is 7.03. The monoisotopic (exact) mass is 257 g/mol. The van der Waals surface area contributed by atoms with E-state index in [9.17, 15) is 0 Å². The highest BCUT2D eigenvalue weighted by molar-refractivity contribution is 5.27. The van der Waals surface area contributed by atoms with E-state index in [1.54, 1.807) is 0 Å². The highest BCUT2D eigenvalue weighted by Gasteiger charge is 2.05. The van der Waals surface area contributed by atoms with Crippen molar-refractivity contribution >= 4 is 0 Å². The maximum Gasteiger partial charge on any atom is 0.0666 e. The summed E-state index contributed by atoms with van der Waals surface area (Å²) < 4.78 is 1.90. The van der Waals surface area contributed by atoms with Gasteiger partial charge in [-0.15, -0.1) is 0 Å². The molecule has 0 radical (unpaired) electrons. The number of benzene rings is 1. The standard InChI is InChI=1S/C16H23N3/c1-4-13-8-6-7-9-14(13)10-17-11-15-12-19(3)18-16(15)5-2/h6-9,12,17H,4-5,10-11H2,1-3H3. The molecule has 0 aliphatic carbocycles. The van der Waals surface area contributed by atoms with Crippen LogP contribution < -0.4 is 5.32 Å². The second-order valence-corrected chi connectivity index (χ2v) is 4.85. The van der Waals surface area contributed by atoms with Gasteiger partial charge in [0.25, 0.3) is 0 Å². The van der Waals surface area contributed by atoms with E-state index in [1.165, 1.54) is 22.4 Å². The minimum Gasteiger partial charge on any atom is -0.308 e. The molecule has 0 amide bonds. The molecule has 102 valence electrons. The summed E-state index contributed by atoms with van der Waals surface area (Å²) in [6.45, 7) is 6.16. The van der Waals surface area contributed by atoms with E-state index in [4.69, 9.17) is 0 Å². The van der Waals surface area contributed by atoms with Gasteiger partial charge in [-0.3, -0.25) is 4.68 Å². The van der Waals surface area contributed by atoms with Crippen LogP contribution in [-0.2, 0) is 33.0 Å². The first kappa shape index (κ1) is 13.8. The van der Waals surface area contributed by atoms with Crippen LogP contribution in [0.2, 0.25) is 0 Å². The zero-order chi connectivity index (χ0) is 13.7. The molecule has 0 spiro atoms. The lowest BCUT2D eigenvalue weighted by Crippen LogP contribution is -2.14. The number of aromatic nitrogens is 2. The number of nitrogens with zero attached hydrogens (tertiary/aromatic N) is 2. The van der Waals surface area contributed by atoms with E-state index < -0.39 is 0 Å². The Kier molecular flexibility index (Phi) is 4.74. The van der Waals surface area contributed by atoms with Crippen molar-refractivity contribution < 1.29 is 0 Å². The third kappa shape index (κ3) is 3.44. The Balaban J connectivity index is 1.96. The minimum absolute atomic E-state index is 0.884. The third-order valence-electron chi connectivity index (χ3n) is 3.46. The van der Waals surface area contributed by atoms with Crippen molar-refractivity contribution in [3.05, 3.63) is 52.8 Å². The molecular weight excluding hydrogens is 234 g/mol. The van der Waals surface area contributed by atoms with E-state index in [0.29, 0.717) is 0 Å². The predicted molar refractivity (Wildman–Crippen MR) is 78.9 cm³/mol. The molecule has 0 atom stereocenters. The average molecular weight is 257 g/mol. The smallest absolute Gasteiger partial charge is 0.0666 e. The molecule has 19 heavy (non-hydrogen) atoms. The topological polar surface area (TPSA) is 29.9 Å². The molecule has 0 unspecified atom stereocenters. The summed E-state index contributed by atoms with van der Waals surface area (Å²) in [6, 6.07) is 8.63. The molecule has 3 heteroatoms. The molecule has 3 nitrogen and oxygen atoms in total. The van der Waals surface area contributed by atoms with Gasteiger partial charge in [0.2, 0.25) is 0 Å². The highest BCUT2D eigenvalue weighted by Crippen LogP contribution is 2.10. The Labute approximate surface area is 115 Å². The number of hydrogen-bond acceptors (Lipinski definition) is 2. The van der Waals surface area contributed by atoms with Crippen molar-refractivity contribution in [1.82, 2.24) is 15.1 Å². The molecule has 2 rings (SSSR count). The molecule has 1 aromatic carbocycles. The maximum absolute atomic E-state index is 4.47. The van der Waals surface area contributed by atoms with E-state index in [2.05, 4.69) is 54.7 Å². The molecule has 0 saturated carbocycles. The minimum atomic E-state index is 0.884.